The van der Waals surface area contributed by atoms with Crippen LogP contribution in [0.25, 0.3) is 6.08 Å². The van der Waals surface area contributed by atoms with Crippen molar-refractivity contribution in [3.05, 3.63) is 51.3 Å². The number of methoxy groups -OCH3 is 1. The first kappa shape index (κ1) is 23.4. The summed E-state index contributed by atoms with van der Waals surface area (Å²) < 4.78 is 23.9. The monoisotopic (exact) mass is 523 g/mol. The number of amides is 1. The summed E-state index contributed by atoms with van der Waals surface area (Å²) in [6.45, 7) is 3.05. The molecule has 1 aliphatic rings. The van der Waals surface area contributed by atoms with Crippen LogP contribution in [0.15, 0.2) is 45.8 Å². The number of nitrogens with zero attached hydrogens (tertiary/aromatic N) is 1. The molecule has 0 spiro atoms. The van der Waals surface area contributed by atoms with Crippen molar-refractivity contribution in [1.29, 1.82) is 0 Å². The third-order valence-electron chi connectivity index (χ3n) is 4.26. The average molecular weight is 524 g/mol. The van der Waals surface area contributed by atoms with E-state index in [1.54, 1.807) is 20.2 Å². The molecule has 0 atom stereocenters. The largest absolute Gasteiger partial charge is 0.497 e. The predicted molar refractivity (Wildman–Crippen MR) is 130 cm³/mol. The van der Waals surface area contributed by atoms with Gasteiger partial charge in [0.05, 0.1) is 23.1 Å². The molecule has 0 N–H and O–H groups in total. The molecule has 2 aromatic rings. The Bertz CT molecular complexity index is 1010. The Hall–Kier alpha value is -2.23. The van der Waals surface area contributed by atoms with E-state index < -0.39 is 0 Å². The number of ether oxygens (including phenoxy) is 4. The number of halogens is 1. The predicted octanol–water partition coefficient (Wildman–Crippen LogP) is 5.15. The van der Waals surface area contributed by atoms with Crippen molar-refractivity contribution in [3.63, 3.8) is 0 Å². The molecule has 3 rings (SSSR count). The maximum Gasteiger partial charge on any atom is 0.265 e. The molecule has 0 aliphatic carbocycles. The third-order valence-corrected chi connectivity index (χ3v) is 6.33. The first-order chi connectivity index (χ1) is 14.9. The van der Waals surface area contributed by atoms with Crippen LogP contribution in [-0.4, -0.2) is 49.1 Å². The van der Waals surface area contributed by atoms with Crippen molar-refractivity contribution >= 4 is 56.2 Å². The molecule has 1 heterocycles. The number of benzene rings is 2. The summed E-state index contributed by atoms with van der Waals surface area (Å²) in [4.78, 5) is 14.3. The van der Waals surface area contributed by atoms with Gasteiger partial charge in [0, 0.05) is 13.1 Å². The van der Waals surface area contributed by atoms with Gasteiger partial charge in [-0.3, -0.25) is 9.69 Å². The zero-order chi connectivity index (χ0) is 22.4. The van der Waals surface area contributed by atoms with E-state index in [9.17, 15) is 4.79 Å². The van der Waals surface area contributed by atoms with Crippen LogP contribution in [-0.2, 0) is 4.79 Å². The van der Waals surface area contributed by atoms with E-state index in [0.717, 1.165) is 15.8 Å². The Morgan fingerprint density at radius 3 is 2.55 bits per heavy atom. The van der Waals surface area contributed by atoms with Crippen molar-refractivity contribution in [2.24, 2.45) is 0 Å². The van der Waals surface area contributed by atoms with Crippen LogP contribution >= 0.6 is 39.9 Å². The highest BCUT2D eigenvalue weighted by atomic mass is 79.9. The number of carbonyl (C=O) groups is 1. The second-order valence-corrected chi connectivity index (χ2v) is 8.91. The molecular formula is C22H22BrNO5S2. The van der Waals surface area contributed by atoms with Crippen molar-refractivity contribution < 1.29 is 23.7 Å². The molecule has 31 heavy (non-hydrogen) atoms. The smallest absolute Gasteiger partial charge is 0.265 e. The van der Waals surface area contributed by atoms with Gasteiger partial charge in [-0.25, -0.2) is 0 Å². The van der Waals surface area contributed by atoms with Gasteiger partial charge in [-0.15, -0.1) is 0 Å². The molecule has 2 aromatic carbocycles. The molecular weight excluding hydrogens is 502 g/mol. The topological polar surface area (TPSA) is 57.2 Å². The lowest BCUT2D eigenvalue weighted by Crippen LogP contribution is -2.22. The zero-order valence-corrected chi connectivity index (χ0v) is 20.6. The Kier molecular flexibility index (Phi) is 8.22. The van der Waals surface area contributed by atoms with Gasteiger partial charge in [-0.05, 0) is 58.8 Å². The Labute approximate surface area is 199 Å². The Morgan fingerprint density at radius 2 is 1.87 bits per heavy atom. The van der Waals surface area contributed by atoms with Gasteiger partial charge in [-0.2, -0.15) is 0 Å². The molecule has 0 radical (unpaired) electrons. The number of hydrogen-bond donors (Lipinski definition) is 0. The average Bonchev–Trinajstić information content (AvgIpc) is 2.99. The second-order valence-electron chi connectivity index (χ2n) is 6.38. The van der Waals surface area contributed by atoms with Gasteiger partial charge in [0.1, 0.15) is 29.0 Å². The van der Waals surface area contributed by atoms with Gasteiger partial charge in [0.25, 0.3) is 5.91 Å². The van der Waals surface area contributed by atoms with Crippen molar-refractivity contribution in [1.82, 2.24) is 4.90 Å². The lowest BCUT2D eigenvalue weighted by atomic mass is 10.2. The highest BCUT2D eigenvalue weighted by molar-refractivity contribution is 9.10. The van der Waals surface area contributed by atoms with Crippen LogP contribution in [0.5, 0.6) is 23.0 Å². The number of thiocarbonyl (C=S) groups is 1. The molecule has 0 saturated carbocycles. The van der Waals surface area contributed by atoms with Gasteiger partial charge < -0.3 is 18.9 Å². The summed E-state index contributed by atoms with van der Waals surface area (Å²) in [5.74, 6) is 2.48. The van der Waals surface area contributed by atoms with E-state index in [2.05, 4.69) is 15.9 Å². The molecule has 0 unspecified atom stereocenters. The standard InChI is InChI=1S/C22H22BrNO5S2/c1-4-27-18-11-14(12-19-21(25)24(2)22(30)31-19)10-17(23)20(18)29-9-8-28-16-7-5-6-15(13-16)26-3/h5-7,10-13H,4,8-9H2,1-3H3/b19-12-. The van der Waals surface area contributed by atoms with E-state index in [0.29, 0.717) is 46.3 Å². The minimum absolute atomic E-state index is 0.112. The maximum atomic E-state index is 12.3. The fourth-order valence-electron chi connectivity index (χ4n) is 2.77. The summed E-state index contributed by atoms with van der Waals surface area (Å²) in [5, 5.41) is 0. The van der Waals surface area contributed by atoms with Crippen molar-refractivity contribution in [3.8, 4) is 23.0 Å². The highest BCUT2D eigenvalue weighted by Crippen LogP contribution is 2.39. The molecule has 164 valence electrons. The quantitative estimate of drug-likeness (QED) is 0.256. The summed E-state index contributed by atoms with van der Waals surface area (Å²) in [6, 6.07) is 11.1. The fourth-order valence-corrected chi connectivity index (χ4v) is 4.52. The minimum atomic E-state index is -0.112. The first-order valence-corrected chi connectivity index (χ1v) is 11.5. The number of thioether (sulfide) groups is 1. The van der Waals surface area contributed by atoms with Crippen LogP contribution in [0, 0.1) is 0 Å². The van der Waals surface area contributed by atoms with E-state index >= 15 is 0 Å². The molecule has 6 nitrogen and oxygen atoms in total. The second kappa shape index (κ2) is 10.9. The minimum Gasteiger partial charge on any atom is -0.497 e. The highest BCUT2D eigenvalue weighted by Gasteiger charge is 2.28. The van der Waals surface area contributed by atoms with Gasteiger partial charge >= 0.3 is 0 Å². The SMILES string of the molecule is CCOc1cc(/C=C2\SC(=S)N(C)C2=O)cc(Br)c1OCCOc1cccc(OC)c1. The number of rotatable bonds is 9. The van der Waals surface area contributed by atoms with Crippen LogP contribution in [0.2, 0.25) is 0 Å². The number of likely N-dealkylation sites (N-methyl/N-ethyl adjacent to an activating group) is 1. The molecule has 1 fully saturated rings. The molecule has 9 heteroatoms. The third kappa shape index (κ3) is 5.93. The summed E-state index contributed by atoms with van der Waals surface area (Å²) in [5.41, 5.74) is 0.809. The zero-order valence-electron chi connectivity index (χ0n) is 17.3. The number of hydrogen-bond acceptors (Lipinski definition) is 7. The van der Waals surface area contributed by atoms with Crippen molar-refractivity contribution in [2.75, 3.05) is 34.0 Å². The van der Waals surface area contributed by atoms with Crippen molar-refractivity contribution in [2.45, 2.75) is 6.92 Å². The van der Waals surface area contributed by atoms with E-state index in [1.807, 2.05) is 43.3 Å². The van der Waals surface area contributed by atoms with E-state index in [4.69, 9.17) is 31.2 Å². The van der Waals surface area contributed by atoms with Crippen LogP contribution < -0.4 is 18.9 Å². The maximum absolute atomic E-state index is 12.3. The molecule has 0 bridgehead atoms. The van der Waals surface area contributed by atoms with Gasteiger partial charge in [0.2, 0.25) is 0 Å². The lowest BCUT2D eigenvalue weighted by Gasteiger charge is -2.15. The summed E-state index contributed by atoms with van der Waals surface area (Å²) in [6.07, 6.45) is 1.80. The van der Waals surface area contributed by atoms with Crippen LogP contribution in [0.4, 0.5) is 0 Å². The molecule has 0 aromatic heterocycles. The van der Waals surface area contributed by atoms with E-state index in [1.165, 1.54) is 16.7 Å². The Balaban J connectivity index is 1.70. The van der Waals surface area contributed by atoms with E-state index in [-0.39, 0.29) is 5.91 Å². The molecule has 1 aliphatic heterocycles. The fraction of sp³-hybridized carbons (Fsp3) is 0.273. The lowest BCUT2D eigenvalue weighted by molar-refractivity contribution is -0.121. The number of carbonyl (C=O) groups excluding carboxylic acids is 1. The van der Waals surface area contributed by atoms with Gasteiger partial charge in [-0.1, -0.05) is 30.0 Å². The summed E-state index contributed by atoms with van der Waals surface area (Å²) >= 11 is 10.0. The van der Waals surface area contributed by atoms with Crippen LogP contribution in [0.3, 0.4) is 0 Å². The molecule has 1 saturated heterocycles. The van der Waals surface area contributed by atoms with Crippen LogP contribution in [0.1, 0.15) is 12.5 Å². The molecule has 1 amide bonds. The first-order valence-electron chi connectivity index (χ1n) is 9.50. The normalized spacial score (nSPS) is 14.8. The summed E-state index contributed by atoms with van der Waals surface area (Å²) in [7, 11) is 3.28. The Morgan fingerprint density at radius 1 is 1.13 bits per heavy atom. The van der Waals surface area contributed by atoms with Gasteiger partial charge in [0.15, 0.2) is 11.5 Å².